The molecule has 0 aliphatic heterocycles. The second-order valence-corrected chi connectivity index (χ2v) is 6.51. The highest BCUT2D eigenvalue weighted by atomic mass is 16.3. The Morgan fingerprint density at radius 2 is 1.90 bits per heavy atom. The lowest BCUT2D eigenvalue weighted by Crippen LogP contribution is -2.33. The first-order chi connectivity index (χ1) is 9.79. The van der Waals surface area contributed by atoms with Crippen LogP contribution in [0.5, 0.6) is 0 Å². The van der Waals surface area contributed by atoms with Crippen LogP contribution in [0.25, 0.3) is 0 Å². The molecular weight excluding hydrogens is 262 g/mol. The van der Waals surface area contributed by atoms with Crippen LogP contribution >= 0.6 is 0 Å². The number of carbonyl (C=O) groups is 1. The van der Waals surface area contributed by atoms with Crippen LogP contribution in [0.3, 0.4) is 0 Å². The molecule has 0 aliphatic carbocycles. The van der Waals surface area contributed by atoms with Gasteiger partial charge in [-0.1, -0.05) is 57.2 Å². The van der Waals surface area contributed by atoms with Crippen LogP contribution in [0, 0.1) is 5.41 Å². The number of benzene rings is 1. The van der Waals surface area contributed by atoms with Gasteiger partial charge < -0.3 is 10.4 Å². The smallest absolute Gasteiger partial charge is 0.156 e. The Hall–Kier alpha value is -1.45. The fraction of sp³-hybridized carbons (Fsp3) is 0.500. The van der Waals surface area contributed by atoms with Crippen LogP contribution in [0.1, 0.15) is 45.8 Å². The van der Waals surface area contributed by atoms with Crippen LogP contribution in [0.15, 0.2) is 42.5 Å². The number of hydrogen-bond acceptors (Lipinski definition) is 3. The number of nitrogens with one attached hydrogen (secondary N) is 1. The van der Waals surface area contributed by atoms with Gasteiger partial charge in [-0.05, 0) is 24.0 Å². The predicted molar refractivity (Wildman–Crippen MR) is 87.1 cm³/mol. The van der Waals surface area contributed by atoms with Crippen molar-refractivity contribution in [3.8, 4) is 0 Å². The lowest BCUT2D eigenvalue weighted by atomic mass is 9.95. The quantitative estimate of drug-likeness (QED) is 0.758. The number of hydrogen-bond donors (Lipinski definition) is 2. The van der Waals surface area contributed by atoms with Crippen molar-refractivity contribution in [3.63, 3.8) is 0 Å². The van der Waals surface area contributed by atoms with Crippen molar-refractivity contribution >= 4 is 5.78 Å². The molecule has 0 saturated carbocycles. The molecule has 116 valence electrons. The number of ketones is 1. The maximum atomic E-state index is 11.7. The molecule has 0 fully saturated rings. The van der Waals surface area contributed by atoms with Crippen molar-refractivity contribution < 1.29 is 9.90 Å². The standard InChI is InChI=1S/C18H27NO2/c1-14(17(21)15-8-6-5-7-9-15)19-13-11-16(20)10-12-18(2,3)4/h5-10,12,14,17,19,21H,11,13H2,1-4H3/b12-10+. The summed E-state index contributed by atoms with van der Waals surface area (Å²) >= 11 is 0. The Kier molecular flexibility index (Phi) is 6.79. The Bertz CT molecular complexity index is 460. The summed E-state index contributed by atoms with van der Waals surface area (Å²) < 4.78 is 0. The van der Waals surface area contributed by atoms with Gasteiger partial charge in [-0.2, -0.15) is 0 Å². The van der Waals surface area contributed by atoms with Gasteiger partial charge in [0.05, 0.1) is 6.10 Å². The number of aliphatic hydroxyl groups excluding tert-OH is 1. The molecule has 0 aliphatic rings. The third kappa shape index (κ3) is 7.21. The summed E-state index contributed by atoms with van der Waals surface area (Å²) in [6.07, 6.45) is 3.46. The SMILES string of the molecule is CC(NCCC(=O)/C=C/C(C)(C)C)C(O)c1ccccc1. The minimum absolute atomic E-state index is 0.0277. The van der Waals surface area contributed by atoms with E-state index in [1.54, 1.807) is 6.08 Å². The third-order valence-electron chi connectivity index (χ3n) is 3.22. The van der Waals surface area contributed by atoms with E-state index in [2.05, 4.69) is 26.1 Å². The molecule has 0 aromatic heterocycles. The Labute approximate surface area is 128 Å². The molecule has 2 N–H and O–H groups in total. The number of aliphatic hydroxyl groups is 1. The van der Waals surface area contributed by atoms with Crippen molar-refractivity contribution in [1.29, 1.82) is 0 Å². The molecule has 21 heavy (non-hydrogen) atoms. The van der Waals surface area contributed by atoms with Crippen molar-refractivity contribution in [3.05, 3.63) is 48.0 Å². The van der Waals surface area contributed by atoms with E-state index in [4.69, 9.17) is 0 Å². The summed E-state index contributed by atoms with van der Waals surface area (Å²) in [6, 6.07) is 9.46. The highest BCUT2D eigenvalue weighted by molar-refractivity contribution is 5.89. The second-order valence-electron chi connectivity index (χ2n) is 6.51. The predicted octanol–water partition coefficient (Wildman–Crippen LogP) is 3.26. The largest absolute Gasteiger partial charge is 0.387 e. The summed E-state index contributed by atoms with van der Waals surface area (Å²) in [5.41, 5.74) is 0.913. The number of carbonyl (C=O) groups excluding carboxylic acids is 1. The summed E-state index contributed by atoms with van der Waals surface area (Å²) in [5.74, 6) is 0.110. The van der Waals surface area contributed by atoms with Gasteiger partial charge >= 0.3 is 0 Å². The molecule has 0 saturated heterocycles. The Morgan fingerprint density at radius 1 is 1.29 bits per heavy atom. The summed E-state index contributed by atoms with van der Waals surface area (Å²) in [4.78, 5) is 11.7. The van der Waals surface area contributed by atoms with Crippen molar-refractivity contribution in [1.82, 2.24) is 5.32 Å². The molecule has 1 aromatic rings. The Balaban J connectivity index is 2.35. The topological polar surface area (TPSA) is 49.3 Å². The molecule has 0 radical (unpaired) electrons. The van der Waals surface area contributed by atoms with Gasteiger partial charge in [0, 0.05) is 19.0 Å². The van der Waals surface area contributed by atoms with E-state index in [1.165, 1.54) is 0 Å². The molecule has 3 nitrogen and oxygen atoms in total. The fourth-order valence-electron chi connectivity index (χ4n) is 1.90. The maximum absolute atomic E-state index is 11.7. The van der Waals surface area contributed by atoms with Crippen LogP contribution in [0.4, 0.5) is 0 Å². The Morgan fingerprint density at radius 3 is 2.48 bits per heavy atom. The zero-order valence-corrected chi connectivity index (χ0v) is 13.5. The molecule has 2 unspecified atom stereocenters. The lowest BCUT2D eigenvalue weighted by molar-refractivity contribution is -0.114. The van der Waals surface area contributed by atoms with E-state index in [-0.39, 0.29) is 17.2 Å². The monoisotopic (exact) mass is 289 g/mol. The second kappa shape index (κ2) is 8.11. The first-order valence-electron chi connectivity index (χ1n) is 7.48. The van der Waals surface area contributed by atoms with E-state index in [9.17, 15) is 9.90 Å². The number of allylic oxidation sites excluding steroid dienone is 2. The van der Waals surface area contributed by atoms with Gasteiger partial charge in [0.25, 0.3) is 0 Å². The van der Waals surface area contributed by atoms with Crippen LogP contribution in [-0.2, 0) is 4.79 Å². The number of rotatable bonds is 7. The average molecular weight is 289 g/mol. The van der Waals surface area contributed by atoms with Crippen LogP contribution in [0.2, 0.25) is 0 Å². The van der Waals surface area contributed by atoms with Crippen molar-refractivity contribution in [2.75, 3.05) is 6.54 Å². The molecule has 0 spiro atoms. The zero-order chi connectivity index (χ0) is 15.9. The van der Waals surface area contributed by atoms with Crippen LogP contribution in [-0.4, -0.2) is 23.5 Å². The third-order valence-corrected chi connectivity index (χ3v) is 3.22. The summed E-state index contributed by atoms with van der Waals surface area (Å²) in [7, 11) is 0. The van der Waals surface area contributed by atoms with Gasteiger partial charge in [0.15, 0.2) is 5.78 Å². The first-order valence-corrected chi connectivity index (χ1v) is 7.48. The maximum Gasteiger partial charge on any atom is 0.156 e. The minimum atomic E-state index is -0.564. The first kappa shape index (κ1) is 17.6. The highest BCUT2D eigenvalue weighted by Crippen LogP contribution is 2.16. The van der Waals surface area contributed by atoms with E-state index < -0.39 is 6.10 Å². The molecule has 0 heterocycles. The average Bonchev–Trinajstić information content (AvgIpc) is 2.44. The van der Waals surface area contributed by atoms with E-state index >= 15 is 0 Å². The highest BCUT2D eigenvalue weighted by Gasteiger charge is 2.15. The summed E-state index contributed by atoms with van der Waals surface area (Å²) in [6.45, 7) is 8.68. The molecule has 1 rings (SSSR count). The van der Waals surface area contributed by atoms with E-state index in [0.717, 1.165) is 5.56 Å². The molecule has 3 heteroatoms. The van der Waals surface area contributed by atoms with Crippen molar-refractivity contribution in [2.45, 2.75) is 46.3 Å². The van der Waals surface area contributed by atoms with Gasteiger partial charge in [0.1, 0.15) is 0 Å². The normalized spacial score (nSPS) is 15.1. The van der Waals surface area contributed by atoms with E-state index in [1.807, 2.05) is 43.3 Å². The molecule has 0 bridgehead atoms. The minimum Gasteiger partial charge on any atom is -0.387 e. The van der Waals surface area contributed by atoms with Crippen molar-refractivity contribution in [2.24, 2.45) is 5.41 Å². The van der Waals surface area contributed by atoms with Crippen LogP contribution < -0.4 is 5.32 Å². The van der Waals surface area contributed by atoms with Gasteiger partial charge in [-0.25, -0.2) is 0 Å². The molecule has 2 atom stereocenters. The lowest BCUT2D eigenvalue weighted by Gasteiger charge is -2.20. The molecule has 0 amide bonds. The van der Waals surface area contributed by atoms with E-state index in [0.29, 0.717) is 13.0 Å². The molecule has 1 aromatic carbocycles. The zero-order valence-electron chi connectivity index (χ0n) is 13.5. The molecular formula is C18H27NO2. The summed E-state index contributed by atoms with van der Waals surface area (Å²) in [5, 5.41) is 13.4. The van der Waals surface area contributed by atoms with Gasteiger partial charge in [-0.3, -0.25) is 4.79 Å². The fourth-order valence-corrected chi connectivity index (χ4v) is 1.90. The van der Waals surface area contributed by atoms with Gasteiger partial charge in [-0.15, -0.1) is 0 Å². The van der Waals surface area contributed by atoms with Gasteiger partial charge in [0.2, 0.25) is 0 Å².